The van der Waals surface area contributed by atoms with Crippen molar-refractivity contribution in [1.29, 1.82) is 0 Å². The number of benzene rings is 1. The number of rotatable bonds is 8. The quantitative estimate of drug-likeness (QED) is 0.686. The molecule has 2 rings (SSSR count). The number of nitrogens with zero attached hydrogens (tertiary/aromatic N) is 2. The summed E-state index contributed by atoms with van der Waals surface area (Å²) in [6.45, 7) is 1.40. The Kier molecular flexibility index (Phi) is 7.43. The fourth-order valence-electron chi connectivity index (χ4n) is 3.06. The first-order valence-electron chi connectivity index (χ1n) is 8.93. The van der Waals surface area contributed by atoms with Gasteiger partial charge in [0.25, 0.3) is 10.2 Å². The first kappa shape index (κ1) is 20.7. The molecule has 1 fully saturated rings. The summed E-state index contributed by atoms with van der Waals surface area (Å²) in [6, 6.07) is 7.92. The molecule has 8 heteroatoms. The van der Waals surface area contributed by atoms with Crippen LogP contribution in [-0.4, -0.2) is 63.8 Å². The third-order valence-corrected chi connectivity index (χ3v) is 6.63. The van der Waals surface area contributed by atoms with Crippen LogP contribution in [0.15, 0.2) is 24.3 Å². The van der Waals surface area contributed by atoms with E-state index < -0.39 is 10.2 Å². The Morgan fingerprint density at radius 2 is 2.00 bits per heavy atom. The van der Waals surface area contributed by atoms with E-state index in [-0.39, 0.29) is 11.8 Å². The summed E-state index contributed by atoms with van der Waals surface area (Å²) in [5.41, 5.74) is 1.18. The van der Waals surface area contributed by atoms with Crippen LogP contribution < -0.4 is 10.1 Å². The number of methoxy groups -OCH3 is 1. The van der Waals surface area contributed by atoms with E-state index in [4.69, 9.17) is 4.74 Å². The van der Waals surface area contributed by atoms with Gasteiger partial charge in [-0.05, 0) is 43.4 Å². The minimum atomic E-state index is -3.38. The van der Waals surface area contributed by atoms with Crippen LogP contribution in [0, 0.1) is 5.92 Å². The molecule has 0 aliphatic carbocycles. The van der Waals surface area contributed by atoms with Gasteiger partial charge in [0, 0.05) is 39.6 Å². The molecule has 1 saturated heterocycles. The lowest BCUT2D eigenvalue weighted by atomic mass is 9.97. The largest absolute Gasteiger partial charge is 0.497 e. The predicted molar refractivity (Wildman–Crippen MR) is 101 cm³/mol. The van der Waals surface area contributed by atoms with Crippen LogP contribution in [0.25, 0.3) is 0 Å². The number of piperidine rings is 1. The van der Waals surface area contributed by atoms with Crippen LogP contribution in [-0.2, 0) is 21.4 Å². The van der Waals surface area contributed by atoms with Gasteiger partial charge in [0.05, 0.1) is 7.11 Å². The van der Waals surface area contributed by atoms with Crippen molar-refractivity contribution in [3.05, 3.63) is 29.8 Å². The van der Waals surface area contributed by atoms with Gasteiger partial charge >= 0.3 is 0 Å². The second kappa shape index (κ2) is 9.34. The molecule has 1 amide bonds. The highest BCUT2D eigenvalue weighted by molar-refractivity contribution is 7.86. The van der Waals surface area contributed by atoms with E-state index in [0.717, 1.165) is 18.6 Å². The molecule has 0 atom stereocenters. The Morgan fingerprint density at radius 3 is 2.62 bits per heavy atom. The maximum atomic E-state index is 12.3. The first-order valence-corrected chi connectivity index (χ1v) is 10.3. The van der Waals surface area contributed by atoms with Gasteiger partial charge in [-0.1, -0.05) is 12.1 Å². The van der Waals surface area contributed by atoms with Crippen molar-refractivity contribution in [3.8, 4) is 5.75 Å². The maximum absolute atomic E-state index is 12.3. The van der Waals surface area contributed by atoms with Crippen molar-refractivity contribution < 1.29 is 17.9 Å². The van der Waals surface area contributed by atoms with Crippen molar-refractivity contribution in [2.45, 2.75) is 25.7 Å². The van der Waals surface area contributed by atoms with Crippen molar-refractivity contribution in [2.24, 2.45) is 5.92 Å². The minimum Gasteiger partial charge on any atom is -0.497 e. The lowest BCUT2D eigenvalue weighted by molar-refractivity contribution is -0.126. The molecular weight excluding hydrogens is 354 g/mol. The van der Waals surface area contributed by atoms with E-state index in [0.29, 0.717) is 32.5 Å². The van der Waals surface area contributed by atoms with Crippen LogP contribution in [0.3, 0.4) is 0 Å². The fraction of sp³-hybridized carbons (Fsp3) is 0.611. The van der Waals surface area contributed by atoms with Crippen molar-refractivity contribution in [2.75, 3.05) is 40.8 Å². The zero-order chi connectivity index (χ0) is 19.2. The van der Waals surface area contributed by atoms with Crippen LogP contribution in [0.4, 0.5) is 0 Å². The number of aryl methyl sites for hydroxylation is 1. The van der Waals surface area contributed by atoms with Gasteiger partial charge in [-0.15, -0.1) is 0 Å². The van der Waals surface area contributed by atoms with E-state index in [1.54, 1.807) is 7.11 Å². The second-order valence-corrected chi connectivity index (χ2v) is 8.85. The van der Waals surface area contributed by atoms with Crippen molar-refractivity contribution in [1.82, 2.24) is 13.9 Å². The van der Waals surface area contributed by atoms with Gasteiger partial charge in [0.15, 0.2) is 0 Å². The molecule has 0 aromatic heterocycles. The summed E-state index contributed by atoms with van der Waals surface area (Å²) in [4.78, 5) is 12.3. The molecule has 1 aliphatic rings. The molecule has 0 spiro atoms. The Labute approximate surface area is 156 Å². The Hall–Kier alpha value is -1.64. The molecule has 1 heterocycles. The molecule has 26 heavy (non-hydrogen) atoms. The number of carbonyl (C=O) groups is 1. The average molecular weight is 384 g/mol. The summed E-state index contributed by atoms with van der Waals surface area (Å²) in [7, 11) is 1.31. The van der Waals surface area contributed by atoms with E-state index in [1.165, 1.54) is 28.3 Å². The number of amides is 1. The van der Waals surface area contributed by atoms with E-state index in [2.05, 4.69) is 5.32 Å². The van der Waals surface area contributed by atoms with Crippen LogP contribution in [0.5, 0.6) is 5.75 Å². The molecule has 1 aromatic rings. The monoisotopic (exact) mass is 383 g/mol. The van der Waals surface area contributed by atoms with Gasteiger partial charge in [0.1, 0.15) is 5.75 Å². The van der Waals surface area contributed by atoms with E-state index >= 15 is 0 Å². The number of hydrogen-bond donors (Lipinski definition) is 1. The third-order valence-electron chi connectivity index (χ3n) is 4.69. The number of nitrogens with one attached hydrogen (secondary N) is 1. The third kappa shape index (κ3) is 5.43. The summed E-state index contributed by atoms with van der Waals surface area (Å²) in [5.74, 6) is 0.754. The number of carbonyl (C=O) groups excluding carboxylic acids is 1. The second-order valence-electron chi connectivity index (χ2n) is 6.71. The van der Waals surface area contributed by atoms with Gasteiger partial charge in [0.2, 0.25) is 5.91 Å². The normalized spacial score (nSPS) is 16.6. The molecule has 0 saturated carbocycles. The predicted octanol–water partition coefficient (Wildman–Crippen LogP) is 1.26. The molecule has 1 aliphatic heterocycles. The molecule has 1 aromatic carbocycles. The van der Waals surface area contributed by atoms with E-state index in [9.17, 15) is 13.2 Å². The molecule has 0 bridgehead atoms. The number of ether oxygens (including phenoxy) is 1. The molecule has 7 nitrogen and oxygen atoms in total. The molecule has 1 N–H and O–H groups in total. The Morgan fingerprint density at radius 1 is 1.31 bits per heavy atom. The van der Waals surface area contributed by atoms with E-state index in [1.807, 2.05) is 24.3 Å². The summed E-state index contributed by atoms with van der Waals surface area (Å²) < 4.78 is 32.1. The molecule has 0 unspecified atom stereocenters. The average Bonchev–Trinajstić information content (AvgIpc) is 2.65. The zero-order valence-electron chi connectivity index (χ0n) is 15.8. The summed E-state index contributed by atoms with van der Waals surface area (Å²) in [6.07, 6.45) is 2.85. The highest BCUT2D eigenvalue weighted by Crippen LogP contribution is 2.20. The van der Waals surface area contributed by atoms with Gasteiger partial charge in [-0.25, -0.2) is 0 Å². The Balaban J connectivity index is 1.71. The van der Waals surface area contributed by atoms with Crippen molar-refractivity contribution in [3.63, 3.8) is 0 Å². The zero-order valence-corrected chi connectivity index (χ0v) is 16.6. The topological polar surface area (TPSA) is 79.0 Å². The SMILES string of the molecule is COc1cccc(CCCNC(=O)C2CCN(S(=O)(=O)N(C)C)CC2)c1. The Bertz CT molecular complexity index is 698. The number of hydrogen-bond acceptors (Lipinski definition) is 4. The maximum Gasteiger partial charge on any atom is 0.281 e. The highest BCUT2D eigenvalue weighted by atomic mass is 32.2. The van der Waals surface area contributed by atoms with Gasteiger partial charge in [-0.2, -0.15) is 17.0 Å². The van der Waals surface area contributed by atoms with Crippen LogP contribution in [0.2, 0.25) is 0 Å². The molecule has 146 valence electrons. The highest BCUT2D eigenvalue weighted by Gasteiger charge is 2.31. The fourth-order valence-corrected chi connectivity index (χ4v) is 4.19. The summed E-state index contributed by atoms with van der Waals surface area (Å²) in [5, 5.41) is 2.98. The standard InChI is InChI=1S/C18H29N3O4S/c1-20(2)26(23,24)21-12-9-16(10-13-21)18(22)19-11-5-7-15-6-4-8-17(14-15)25-3/h4,6,8,14,16H,5,7,9-13H2,1-3H3,(H,19,22). The lowest BCUT2D eigenvalue weighted by Crippen LogP contribution is -2.46. The van der Waals surface area contributed by atoms with Crippen molar-refractivity contribution >= 4 is 16.1 Å². The van der Waals surface area contributed by atoms with Gasteiger partial charge < -0.3 is 10.1 Å². The smallest absolute Gasteiger partial charge is 0.281 e. The lowest BCUT2D eigenvalue weighted by Gasteiger charge is -2.32. The summed E-state index contributed by atoms with van der Waals surface area (Å²) >= 11 is 0. The molecule has 0 radical (unpaired) electrons. The minimum absolute atomic E-state index is 0.0255. The van der Waals surface area contributed by atoms with Crippen LogP contribution in [0.1, 0.15) is 24.8 Å². The molecular formula is C18H29N3O4S. The van der Waals surface area contributed by atoms with Gasteiger partial charge in [-0.3, -0.25) is 4.79 Å². The first-order chi connectivity index (χ1) is 12.3. The van der Waals surface area contributed by atoms with Crippen LogP contribution >= 0.6 is 0 Å².